The third-order valence-electron chi connectivity index (χ3n) is 5.47. The lowest BCUT2D eigenvalue weighted by Crippen LogP contribution is -2.51. The average Bonchev–Trinajstić information content (AvgIpc) is 3.31. The van der Waals surface area contributed by atoms with E-state index >= 15 is 0 Å². The van der Waals surface area contributed by atoms with Crippen LogP contribution in [-0.2, 0) is 9.59 Å². The molecular weight excluding hydrogens is 412 g/mol. The molecular formula is C23H30N4O3S. The Hall–Kier alpha value is -2.55. The largest absolute Gasteiger partial charge is 0.387 e. The second kappa shape index (κ2) is 8.90. The number of amides is 2. The highest BCUT2D eigenvalue weighted by molar-refractivity contribution is 7.13. The van der Waals surface area contributed by atoms with Crippen molar-refractivity contribution >= 4 is 23.2 Å². The van der Waals surface area contributed by atoms with Crippen molar-refractivity contribution in [3.05, 3.63) is 52.8 Å². The van der Waals surface area contributed by atoms with Crippen LogP contribution < -0.4 is 11.1 Å². The van der Waals surface area contributed by atoms with E-state index in [4.69, 9.17) is 5.73 Å². The molecule has 3 atom stereocenters. The molecule has 3 rings (SSSR count). The lowest BCUT2D eigenvalue weighted by atomic mass is 9.86. The number of hydrogen-bond donors (Lipinski definition) is 3. The Morgan fingerprint density at radius 1 is 1.29 bits per heavy atom. The highest BCUT2D eigenvalue weighted by Crippen LogP contribution is 2.29. The Morgan fingerprint density at radius 3 is 2.48 bits per heavy atom. The van der Waals surface area contributed by atoms with Gasteiger partial charge in [-0.1, -0.05) is 45.0 Å². The summed E-state index contributed by atoms with van der Waals surface area (Å²) in [7, 11) is 0. The first-order chi connectivity index (χ1) is 14.5. The molecule has 2 heterocycles. The zero-order valence-electron chi connectivity index (χ0n) is 18.5. The molecule has 2 aromatic rings. The highest BCUT2D eigenvalue weighted by atomic mass is 32.1. The minimum atomic E-state index is -0.894. The van der Waals surface area contributed by atoms with Crippen LogP contribution in [0.5, 0.6) is 0 Å². The summed E-state index contributed by atoms with van der Waals surface area (Å²) >= 11 is 1.59. The van der Waals surface area contributed by atoms with Crippen molar-refractivity contribution in [1.29, 1.82) is 0 Å². The average molecular weight is 443 g/mol. The van der Waals surface area contributed by atoms with Crippen molar-refractivity contribution in [3.8, 4) is 10.4 Å². The number of carbonyl (C=O) groups is 2. The highest BCUT2D eigenvalue weighted by Gasteiger charge is 2.38. The molecule has 1 aromatic heterocycles. The van der Waals surface area contributed by atoms with Gasteiger partial charge in [0.1, 0.15) is 5.70 Å². The van der Waals surface area contributed by atoms with E-state index in [1.165, 1.54) is 11.0 Å². The first-order valence-corrected chi connectivity index (χ1v) is 11.1. The number of hydrogen-bond acceptors (Lipinski definition) is 6. The molecule has 0 fully saturated rings. The standard InChI is InChI=1S/C23H30N4O3S/c1-13(15-6-8-16(9-7-15)19-14(2)25-12-31-19)26-21(29)18-10-17(28)11-27(18)22(30)20(24)23(3,4)5/h6-10,12-13,17,20,28H,11,24H2,1-5H3,(H,26,29)/t13-,17+,20+/m0/s1. The predicted octanol–water partition coefficient (Wildman–Crippen LogP) is 2.76. The van der Waals surface area contributed by atoms with Crippen LogP contribution in [0.4, 0.5) is 0 Å². The third-order valence-corrected chi connectivity index (χ3v) is 6.45. The van der Waals surface area contributed by atoms with Crippen LogP contribution in [0.1, 0.15) is 45.0 Å². The second-order valence-electron chi connectivity index (χ2n) is 9.00. The number of aliphatic hydroxyl groups is 1. The number of aryl methyl sites for hydroxylation is 1. The van der Waals surface area contributed by atoms with Gasteiger partial charge in [-0.3, -0.25) is 9.59 Å². The number of rotatable bonds is 5. The van der Waals surface area contributed by atoms with Gasteiger partial charge in [0.05, 0.1) is 40.8 Å². The van der Waals surface area contributed by atoms with Crippen molar-refractivity contribution in [2.75, 3.05) is 6.54 Å². The molecule has 1 aliphatic rings. The first kappa shape index (κ1) is 23.1. The zero-order chi connectivity index (χ0) is 22.9. The molecule has 7 nitrogen and oxygen atoms in total. The fraction of sp³-hybridized carbons (Fsp3) is 0.435. The van der Waals surface area contributed by atoms with Crippen molar-refractivity contribution in [2.45, 2.75) is 52.8 Å². The van der Waals surface area contributed by atoms with E-state index < -0.39 is 23.5 Å². The Morgan fingerprint density at radius 2 is 1.94 bits per heavy atom. The van der Waals surface area contributed by atoms with Gasteiger partial charge >= 0.3 is 0 Å². The number of nitrogens with two attached hydrogens (primary N) is 1. The number of thiazole rings is 1. The normalized spacial score (nSPS) is 18.5. The van der Waals surface area contributed by atoms with E-state index in [1.54, 1.807) is 11.3 Å². The van der Waals surface area contributed by atoms with Gasteiger partial charge in [-0.05, 0) is 36.5 Å². The molecule has 0 unspecified atom stereocenters. The topological polar surface area (TPSA) is 109 Å². The van der Waals surface area contributed by atoms with Crippen molar-refractivity contribution in [2.24, 2.45) is 11.1 Å². The van der Waals surface area contributed by atoms with Crippen LogP contribution in [0.15, 0.2) is 41.5 Å². The number of nitrogens with zero attached hydrogens (tertiary/aromatic N) is 2. The molecule has 31 heavy (non-hydrogen) atoms. The van der Waals surface area contributed by atoms with Gasteiger partial charge in [0, 0.05) is 0 Å². The van der Waals surface area contributed by atoms with E-state index in [-0.39, 0.29) is 24.2 Å². The summed E-state index contributed by atoms with van der Waals surface area (Å²) < 4.78 is 0. The fourth-order valence-electron chi connectivity index (χ4n) is 3.41. The maximum atomic E-state index is 12.9. The van der Waals surface area contributed by atoms with E-state index in [1.807, 2.05) is 64.4 Å². The van der Waals surface area contributed by atoms with E-state index in [0.29, 0.717) is 0 Å². The molecule has 0 aliphatic carbocycles. The maximum Gasteiger partial charge on any atom is 0.268 e. The Labute approximate surface area is 187 Å². The van der Waals surface area contributed by atoms with Crippen LogP contribution in [0.3, 0.4) is 0 Å². The summed E-state index contributed by atoms with van der Waals surface area (Å²) in [5.74, 6) is -0.789. The molecule has 4 N–H and O–H groups in total. The van der Waals surface area contributed by atoms with Crippen LogP contribution in [0.25, 0.3) is 10.4 Å². The maximum absolute atomic E-state index is 12.9. The van der Waals surface area contributed by atoms with Crippen LogP contribution in [0.2, 0.25) is 0 Å². The van der Waals surface area contributed by atoms with Crippen molar-refractivity contribution in [1.82, 2.24) is 15.2 Å². The van der Waals surface area contributed by atoms with E-state index in [9.17, 15) is 14.7 Å². The molecule has 1 aliphatic heterocycles. The molecule has 1 aromatic carbocycles. The molecule has 0 saturated heterocycles. The van der Waals surface area contributed by atoms with Crippen LogP contribution in [0, 0.1) is 12.3 Å². The molecule has 0 radical (unpaired) electrons. The second-order valence-corrected chi connectivity index (χ2v) is 9.85. The van der Waals surface area contributed by atoms with Crippen LogP contribution in [-0.4, -0.2) is 45.5 Å². The fourth-order valence-corrected chi connectivity index (χ4v) is 4.22. The van der Waals surface area contributed by atoms with Crippen molar-refractivity contribution < 1.29 is 14.7 Å². The Bertz CT molecular complexity index is 991. The summed E-state index contributed by atoms with van der Waals surface area (Å²) in [6.45, 7) is 9.48. The minimum Gasteiger partial charge on any atom is -0.387 e. The lowest BCUT2D eigenvalue weighted by Gasteiger charge is -2.31. The summed E-state index contributed by atoms with van der Waals surface area (Å²) in [6, 6.07) is 6.89. The smallest absolute Gasteiger partial charge is 0.268 e. The number of aliphatic hydroxyl groups excluding tert-OH is 1. The van der Waals surface area contributed by atoms with Gasteiger partial charge in [0.15, 0.2) is 0 Å². The third kappa shape index (κ3) is 5.03. The molecule has 0 bridgehead atoms. The van der Waals surface area contributed by atoms with Gasteiger partial charge in [-0.2, -0.15) is 0 Å². The van der Waals surface area contributed by atoms with Crippen LogP contribution >= 0.6 is 11.3 Å². The lowest BCUT2D eigenvalue weighted by molar-refractivity contribution is -0.135. The Balaban J connectivity index is 1.71. The van der Waals surface area contributed by atoms with Gasteiger partial charge in [-0.15, -0.1) is 11.3 Å². The number of aromatic nitrogens is 1. The minimum absolute atomic E-state index is 0.0304. The molecule has 2 amide bonds. The number of benzene rings is 1. The molecule has 0 saturated carbocycles. The number of nitrogens with one attached hydrogen (secondary N) is 1. The van der Waals surface area contributed by atoms with Gasteiger partial charge in [-0.25, -0.2) is 4.98 Å². The predicted molar refractivity (Wildman–Crippen MR) is 122 cm³/mol. The van der Waals surface area contributed by atoms with E-state index in [0.717, 1.165) is 21.7 Å². The molecule has 8 heteroatoms. The van der Waals surface area contributed by atoms with Gasteiger partial charge < -0.3 is 21.1 Å². The van der Waals surface area contributed by atoms with Gasteiger partial charge in [0.2, 0.25) is 5.91 Å². The molecule has 166 valence electrons. The quantitative estimate of drug-likeness (QED) is 0.660. The SMILES string of the molecule is Cc1ncsc1-c1ccc([C@H](C)NC(=O)C2=C[C@@H](O)CN2C(=O)[C@@H](N)C(C)(C)C)cc1. The summed E-state index contributed by atoms with van der Waals surface area (Å²) in [5, 5.41) is 13.0. The first-order valence-electron chi connectivity index (χ1n) is 10.3. The monoisotopic (exact) mass is 442 g/mol. The zero-order valence-corrected chi connectivity index (χ0v) is 19.4. The summed E-state index contributed by atoms with van der Waals surface area (Å²) in [4.78, 5) is 32.5. The Kier molecular flexibility index (Phi) is 6.64. The van der Waals surface area contributed by atoms with E-state index in [2.05, 4.69) is 10.3 Å². The summed E-state index contributed by atoms with van der Waals surface area (Å²) in [5.41, 5.74) is 10.6. The summed E-state index contributed by atoms with van der Waals surface area (Å²) in [6.07, 6.45) is 0.513. The molecule has 0 spiro atoms. The number of carbonyl (C=O) groups excluding carboxylic acids is 2. The number of β-amino-alcohol motifs (C(OH)–C–C–N with tert-alkyl or cyclic N) is 1. The van der Waals surface area contributed by atoms with Crippen molar-refractivity contribution in [3.63, 3.8) is 0 Å². The van der Waals surface area contributed by atoms with Gasteiger partial charge in [0.25, 0.3) is 5.91 Å².